The summed E-state index contributed by atoms with van der Waals surface area (Å²) in [5.41, 5.74) is 1.85. The average molecular weight is 423 g/mol. The minimum atomic E-state index is -0.460. The Morgan fingerprint density at radius 2 is 1.80 bits per heavy atom. The summed E-state index contributed by atoms with van der Waals surface area (Å²) in [5.74, 6) is -1.11. The van der Waals surface area contributed by atoms with E-state index in [9.17, 15) is 14.4 Å². The van der Waals surface area contributed by atoms with E-state index in [1.54, 1.807) is 37.4 Å². The number of ether oxygens (including phenoxy) is 1. The molecule has 0 spiro atoms. The lowest BCUT2D eigenvalue weighted by Gasteiger charge is -2.09. The van der Waals surface area contributed by atoms with Crippen LogP contribution < -0.4 is 10.6 Å². The molecule has 0 atom stereocenters. The van der Waals surface area contributed by atoms with Gasteiger partial charge in [0, 0.05) is 11.1 Å². The van der Waals surface area contributed by atoms with Crippen molar-refractivity contribution < 1.29 is 19.1 Å². The van der Waals surface area contributed by atoms with Crippen LogP contribution in [0.25, 0.3) is 0 Å². The number of rotatable bonds is 7. The molecule has 0 aliphatic carbocycles. The standard InChI is InChI=1S/C22H21N3O4S/c1-14(2)29-21(28)16-9-6-10-17(12-16)23-20(27)18-13-30-22(24-18)25-19(26)11-15-7-4-3-5-8-15/h3-10,12-14H,11H2,1-2H3,(H,23,27)(H,24,25,26). The molecular weight excluding hydrogens is 402 g/mol. The molecule has 1 heterocycles. The Bertz CT molecular complexity index is 1050. The first-order valence-electron chi connectivity index (χ1n) is 9.32. The van der Waals surface area contributed by atoms with Gasteiger partial charge in [0.1, 0.15) is 5.69 Å². The largest absolute Gasteiger partial charge is 0.459 e. The summed E-state index contributed by atoms with van der Waals surface area (Å²) < 4.78 is 5.16. The van der Waals surface area contributed by atoms with E-state index in [1.165, 1.54) is 6.07 Å². The number of benzene rings is 2. The SMILES string of the molecule is CC(C)OC(=O)c1cccc(NC(=O)c2csc(NC(=O)Cc3ccccc3)n2)c1. The molecule has 0 bridgehead atoms. The lowest BCUT2D eigenvalue weighted by atomic mass is 10.1. The third-order valence-electron chi connectivity index (χ3n) is 3.89. The van der Waals surface area contributed by atoms with Gasteiger partial charge >= 0.3 is 5.97 Å². The molecule has 2 amide bonds. The number of amides is 2. The van der Waals surface area contributed by atoms with Crippen LogP contribution in [0.2, 0.25) is 0 Å². The first-order chi connectivity index (χ1) is 14.4. The van der Waals surface area contributed by atoms with Crippen LogP contribution >= 0.6 is 11.3 Å². The number of anilines is 2. The Balaban J connectivity index is 1.60. The van der Waals surface area contributed by atoms with Crippen molar-refractivity contribution in [3.63, 3.8) is 0 Å². The molecule has 8 heteroatoms. The van der Waals surface area contributed by atoms with Crippen LogP contribution in [0.15, 0.2) is 60.0 Å². The number of carbonyl (C=O) groups excluding carboxylic acids is 3. The molecule has 1 aromatic heterocycles. The summed E-state index contributed by atoms with van der Waals surface area (Å²) >= 11 is 1.16. The summed E-state index contributed by atoms with van der Waals surface area (Å²) in [6.45, 7) is 3.53. The van der Waals surface area contributed by atoms with Crippen LogP contribution in [0.1, 0.15) is 40.3 Å². The first-order valence-corrected chi connectivity index (χ1v) is 10.2. The predicted octanol–water partition coefficient (Wildman–Crippen LogP) is 4.14. The number of carbonyl (C=O) groups is 3. The Hall–Kier alpha value is -3.52. The van der Waals surface area contributed by atoms with Crippen molar-refractivity contribution in [3.8, 4) is 0 Å². The first kappa shape index (κ1) is 21.2. The van der Waals surface area contributed by atoms with Gasteiger partial charge in [0.05, 0.1) is 18.1 Å². The Morgan fingerprint density at radius 1 is 1.03 bits per heavy atom. The van der Waals surface area contributed by atoms with Gasteiger partial charge in [-0.15, -0.1) is 11.3 Å². The zero-order chi connectivity index (χ0) is 21.5. The average Bonchev–Trinajstić information content (AvgIpc) is 3.17. The Labute approximate surface area is 178 Å². The molecule has 2 N–H and O–H groups in total. The quantitative estimate of drug-likeness (QED) is 0.557. The molecule has 3 rings (SSSR count). The lowest BCUT2D eigenvalue weighted by molar-refractivity contribution is -0.115. The van der Waals surface area contributed by atoms with E-state index in [2.05, 4.69) is 15.6 Å². The number of hydrogen-bond acceptors (Lipinski definition) is 6. The van der Waals surface area contributed by atoms with Crippen LogP contribution in [-0.4, -0.2) is 28.9 Å². The summed E-state index contributed by atoms with van der Waals surface area (Å²) in [7, 11) is 0. The van der Waals surface area contributed by atoms with Crippen molar-refractivity contribution in [1.29, 1.82) is 0 Å². The van der Waals surface area contributed by atoms with Gasteiger partial charge in [-0.25, -0.2) is 9.78 Å². The maximum absolute atomic E-state index is 12.5. The van der Waals surface area contributed by atoms with Crippen molar-refractivity contribution in [3.05, 3.63) is 76.8 Å². The zero-order valence-electron chi connectivity index (χ0n) is 16.5. The second-order valence-electron chi connectivity index (χ2n) is 6.74. The van der Waals surface area contributed by atoms with Gasteiger partial charge in [-0.3, -0.25) is 9.59 Å². The maximum atomic E-state index is 12.5. The summed E-state index contributed by atoms with van der Waals surface area (Å²) in [4.78, 5) is 40.8. The molecule has 0 unspecified atom stereocenters. The fourth-order valence-electron chi connectivity index (χ4n) is 2.58. The predicted molar refractivity (Wildman–Crippen MR) is 116 cm³/mol. The van der Waals surface area contributed by atoms with E-state index in [4.69, 9.17) is 4.74 Å². The second kappa shape index (κ2) is 9.80. The number of hydrogen-bond donors (Lipinski definition) is 2. The monoisotopic (exact) mass is 423 g/mol. The van der Waals surface area contributed by atoms with E-state index in [0.717, 1.165) is 16.9 Å². The molecule has 0 aliphatic heterocycles. The van der Waals surface area contributed by atoms with Crippen molar-refractivity contribution in [2.75, 3.05) is 10.6 Å². The highest BCUT2D eigenvalue weighted by molar-refractivity contribution is 7.14. The third-order valence-corrected chi connectivity index (χ3v) is 4.65. The highest BCUT2D eigenvalue weighted by Gasteiger charge is 2.15. The molecule has 0 saturated heterocycles. The molecule has 154 valence electrons. The summed E-state index contributed by atoms with van der Waals surface area (Å²) in [6.07, 6.45) is -0.0115. The van der Waals surface area contributed by atoms with Crippen LogP contribution in [0, 0.1) is 0 Å². The fourth-order valence-corrected chi connectivity index (χ4v) is 3.29. The molecule has 0 fully saturated rings. The van der Waals surface area contributed by atoms with Gasteiger partial charge in [0.2, 0.25) is 5.91 Å². The van der Waals surface area contributed by atoms with Gasteiger partial charge in [-0.05, 0) is 37.6 Å². The fraction of sp³-hybridized carbons (Fsp3) is 0.182. The van der Waals surface area contributed by atoms with Gasteiger partial charge in [0.25, 0.3) is 5.91 Å². The molecule has 30 heavy (non-hydrogen) atoms. The molecule has 0 aliphatic rings. The molecule has 3 aromatic rings. The van der Waals surface area contributed by atoms with E-state index in [0.29, 0.717) is 16.4 Å². The van der Waals surface area contributed by atoms with E-state index in [1.807, 2.05) is 30.3 Å². The molecule has 0 saturated carbocycles. The van der Waals surface area contributed by atoms with Crippen LogP contribution in [0.3, 0.4) is 0 Å². The van der Waals surface area contributed by atoms with Crippen molar-refractivity contribution >= 4 is 39.9 Å². The number of aromatic nitrogens is 1. The number of nitrogens with zero attached hydrogens (tertiary/aromatic N) is 1. The molecular formula is C22H21N3O4S. The smallest absolute Gasteiger partial charge is 0.338 e. The van der Waals surface area contributed by atoms with E-state index in [-0.39, 0.29) is 24.1 Å². The van der Waals surface area contributed by atoms with Crippen molar-refractivity contribution in [1.82, 2.24) is 4.98 Å². The number of nitrogens with one attached hydrogen (secondary N) is 2. The third kappa shape index (κ3) is 5.99. The normalized spacial score (nSPS) is 10.5. The van der Waals surface area contributed by atoms with Crippen molar-refractivity contribution in [2.24, 2.45) is 0 Å². The Morgan fingerprint density at radius 3 is 2.53 bits per heavy atom. The van der Waals surface area contributed by atoms with Gasteiger partial charge in [0.15, 0.2) is 5.13 Å². The molecule has 0 radical (unpaired) electrons. The highest BCUT2D eigenvalue weighted by atomic mass is 32.1. The van der Waals surface area contributed by atoms with Crippen molar-refractivity contribution in [2.45, 2.75) is 26.4 Å². The molecule has 7 nitrogen and oxygen atoms in total. The van der Waals surface area contributed by atoms with Gasteiger partial charge in [-0.2, -0.15) is 0 Å². The maximum Gasteiger partial charge on any atom is 0.338 e. The minimum absolute atomic E-state index is 0.171. The number of thiazole rings is 1. The van der Waals surface area contributed by atoms with Crippen LogP contribution in [-0.2, 0) is 16.0 Å². The van der Waals surface area contributed by atoms with E-state index >= 15 is 0 Å². The second-order valence-corrected chi connectivity index (χ2v) is 7.60. The Kier molecular flexibility index (Phi) is 6.92. The summed E-state index contributed by atoms with van der Waals surface area (Å²) in [5, 5.41) is 7.30. The van der Waals surface area contributed by atoms with Crippen LogP contribution in [0.4, 0.5) is 10.8 Å². The van der Waals surface area contributed by atoms with Gasteiger partial charge in [-0.1, -0.05) is 36.4 Å². The topological polar surface area (TPSA) is 97.4 Å². The minimum Gasteiger partial charge on any atom is -0.459 e. The lowest BCUT2D eigenvalue weighted by Crippen LogP contribution is -2.16. The zero-order valence-corrected chi connectivity index (χ0v) is 17.4. The van der Waals surface area contributed by atoms with Gasteiger partial charge < -0.3 is 15.4 Å². The van der Waals surface area contributed by atoms with Crippen LogP contribution in [0.5, 0.6) is 0 Å². The van der Waals surface area contributed by atoms with E-state index < -0.39 is 11.9 Å². The summed E-state index contributed by atoms with van der Waals surface area (Å²) in [6, 6.07) is 15.8. The highest BCUT2D eigenvalue weighted by Crippen LogP contribution is 2.18. The molecule has 2 aromatic carbocycles. The number of esters is 1.